The molecule has 0 aliphatic rings. The van der Waals surface area contributed by atoms with Crippen LogP contribution in [0.15, 0.2) is 0 Å². The number of ketones is 1. The second kappa shape index (κ2) is 2.84. The zero-order valence-corrected chi connectivity index (χ0v) is 6.20. The van der Waals surface area contributed by atoms with Crippen LogP contribution in [0.4, 0.5) is 0 Å². The number of hydrogen-bond donors (Lipinski definition) is 0. The first-order chi connectivity index (χ1) is 4.04. The summed E-state index contributed by atoms with van der Waals surface area (Å²) in [6.07, 6.45) is 0. The fraction of sp³-hybridized carbons (Fsp3) is 0.667. The number of carbonyl (C=O) groups excluding carboxylic acids is 1. The number of nitrogens with zero attached hydrogens (tertiary/aromatic N) is 1. The second-order valence-electron chi connectivity index (χ2n) is 2.46. The van der Waals surface area contributed by atoms with Crippen LogP contribution in [0.3, 0.4) is 0 Å². The van der Waals surface area contributed by atoms with E-state index in [1.54, 1.807) is 13.8 Å². The van der Waals surface area contributed by atoms with E-state index in [2.05, 4.69) is 0 Å². The van der Waals surface area contributed by atoms with E-state index in [0.29, 0.717) is 0 Å². The maximum atomic E-state index is 10.6. The normalized spacial score (nSPS) is 10.4. The van der Waals surface area contributed by atoms with Crippen LogP contribution in [-0.2, 0) is 4.79 Å². The molecule has 0 fully saturated rings. The van der Waals surface area contributed by atoms with E-state index in [1.807, 2.05) is 0 Å². The Morgan fingerprint density at radius 3 is 2.33 bits per heavy atom. The van der Waals surface area contributed by atoms with Gasteiger partial charge in [-0.1, -0.05) is 13.8 Å². The van der Waals surface area contributed by atoms with Crippen LogP contribution < -0.4 is 0 Å². The SMILES string of the molecule is CC(C)(CCl)C(=O)C#N. The molecule has 3 heteroatoms. The van der Waals surface area contributed by atoms with Gasteiger partial charge in [0.2, 0.25) is 5.78 Å². The summed E-state index contributed by atoms with van der Waals surface area (Å²) in [5, 5.41) is 8.14. The molecule has 0 bridgehead atoms. The van der Waals surface area contributed by atoms with Gasteiger partial charge in [-0.05, 0) is 0 Å². The number of hydrogen-bond acceptors (Lipinski definition) is 2. The maximum Gasteiger partial charge on any atom is 0.238 e. The Bertz CT molecular complexity index is 157. The van der Waals surface area contributed by atoms with Gasteiger partial charge in [-0.2, -0.15) is 5.26 Å². The molecule has 0 aliphatic carbocycles. The lowest BCUT2D eigenvalue weighted by molar-refractivity contribution is -0.120. The standard InChI is InChI=1S/C6H8ClNO/c1-6(2,4-7)5(9)3-8/h4H2,1-2H3. The van der Waals surface area contributed by atoms with Crippen molar-refractivity contribution in [1.82, 2.24) is 0 Å². The molecule has 0 N–H and O–H groups in total. The first-order valence-electron chi connectivity index (χ1n) is 2.55. The highest BCUT2D eigenvalue weighted by molar-refractivity contribution is 6.20. The Labute approximate surface area is 59.4 Å². The molecule has 0 aromatic heterocycles. The summed E-state index contributed by atoms with van der Waals surface area (Å²) in [5.74, 6) is -0.267. The van der Waals surface area contributed by atoms with Crippen LogP contribution in [0, 0.1) is 16.7 Å². The molecule has 50 valence electrons. The van der Waals surface area contributed by atoms with Crippen molar-refractivity contribution in [2.24, 2.45) is 5.41 Å². The number of rotatable bonds is 2. The van der Waals surface area contributed by atoms with Crippen molar-refractivity contribution in [1.29, 1.82) is 5.26 Å². The molecule has 0 aliphatic heterocycles. The van der Waals surface area contributed by atoms with Gasteiger partial charge in [0.05, 0.1) is 5.41 Å². The maximum absolute atomic E-state index is 10.6. The van der Waals surface area contributed by atoms with E-state index in [-0.39, 0.29) is 5.88 Å². The van der Waals surface area contributed by atoms with Crippen LogP contribution in [0.1, 0.15) is 13.8 Å². The average molecular weight is 146 g/mol. The molecular formula is C6H8ClNO. The number of halogens is 1. The summed E-state index contributed by atoms with van der Waals surface area (Å²) in [7, 11) is 0. The fourth-order valence-corrected chi connectivity index (χ4v) is 0.333. The lowest BCUT2D eigenvalue weighted by atomic mass is 9.91. The second-order valence-corrected chi connectivity index (χ2v) is 2.73. The quantitative estimate of drug-likeness (QED) is 0.435. The van der Waals surface area contributed by atoms with Crippen molar-refractivity contribution < 1.29 is 4.79 Å². The van der Waals surface area contributed by atoms with E-state index >= 15 is 0 Å². The van der Waals surface area contributed by atoms with Gasteiger partial charge >= 0.3 is 0 Å². The zero-order valence-electron chi connectivity index (χ0n) is 5.44. The Hall–Kier alpha value is -0.550. The van der Waals surface area contributed by atoms with Crippen LogP contribution in [0.25, 0.3) is 0 Å². The first kappa shape index (κ1) is 8.45. The summed E-state index contributed by atoms with van der Waals surface area (Å²) in [6.45, 7) is 3.29. The molecule has 0 radical (unpaired) electrons. The van der Waals surface area contributed by atoms with Gasteiger partial charge < -0.3 is 0 Å². The van der Waals surface area contributed by atoms with Crippen molar-refractivity contribution in [3.05, 3.63) is 0 Å². The molecule has 0 saturated carbocycles. The van der Waals surface area contributed by atoms with Crippen LogP contribution in [-0.4, -0.2) is 11.7 Å². The Morgan fingerprint density at radius 1 is 1.78 bits per heavy atom. The van der Waals surface area contributed by atoms with Gasteiger partial charge in [-0.25, -0.2) is 0 Å². The van der Waals surface area contributed by atoms with Crippen molar-refractivity contribution in [2.75, 3.05) is 5.88 Å². The topological polar surface area (TPSA) is 40.9 Å². The van der Waals surface area contributed by atoms with E-state index in [4.69, 9.17) is 16.9 Å². The average Bonchev–Trinajstić information content (AvgIpc) is 1.86. The predicted molar refractivity (Wildman–Crippen MR) is 35.1 cm³/mol. The molecule has 0 unspecified atom stereocenters. The predicted octanol–water partition coefficient (Wildman–Crippen LogP) is 1.34. The summed E-state index contributed by atoms with van der Waals surface area (Å²) in [4.78, 5) is 10.6. The molecule has 0 saturated heterocycles. The summed E-state index contributed by atoms with van der Waals surface area (Å²) in [5.41, 5.74) is -0.684. The highest BCUT2D eigenvalue weighted by atomic mass is 35.5. The molecule has 0 aromatic rings. The summed E-state index contributed by atoms with van der Waals surface area (Å²) >= 11 is 5.39. The Morgan fingerprint density at radius 2 is 2.22 bits per heavy atom. The van der Waals surface area contributed by atoms with E-state index < -0.39 is 11.2 Å². The van der Waals surface area contributed by atoms with Crippen molar-refractivity contribution in [3.63, 3.8) is 0 Å². The molecule has 0 aromatic carbocycles. The fourth-order valence-electron chi connectivity index (χ4n) is 0.212. The minimum atomic E-state index is -0.684. The number of alkyl halides is 1. The molecule has 0 rings (SSSR count). The molecule has 2 nitrogen and oxygen atoms in total. The smallest absolute Gasteiger partial charge is 0.238 e. The molecule has 0 atom stereocenters. The molecule has 0 heterocycles. The van der Waals surface area contributed by atoms with Gasteiger partial charge in [0.25, 0.3) is 0 Å². The van der Waals surface area contributed by atoms with Crippen LogP contribution in [0.2, 0.25) is 0 Å². The number of Topliss-reactive ketones (excluding diaryl/α,β-unsaturated/α-hetero) is 1. The van der Waals surface area contributed by atoms with Crippen molar-refractivity contribution in [3.8, 4) is 6.07 Å². The van der Waals surface area contributed by atoms with Gasteiger partial charge in [-0.3, -0.25) is 4.79 Å². The third-order valence-electron chi connectivity index (χ3n) is 1.05. The van der Waals surface area contributed by atoms with Gasteiger partial charge in [-0.15, -0.1) is 11.6 Å². The summed E-state index contributed by atoms with van der Waals surface area (Å²) < 4.78 is 0. The molecule has 0 amide bonds. The van der Waals surface area contributed by atoms with Crippen LogP contribution in [0.5, 0.6) is 0 Å². The first-order valence-corrected chi connectivity index (χ1v) is 3.08. The number of nitriles is 1. The van der Waals surface area contributed by atoms with Gasteiger partial charge in [0, 0.05) is 5.88 Å². The Balaban J connectivity index is 4.19. The molecular weight excluding hydrogens is 138 g/mol. The lowest BCUT2D eigenvalue weighted by Crippen LogP contribution is -2.24. The van der Waals surface area contributed by atoms with Gasteiger partial charge in [0.15, 0.2) is 0 Å². The highest BCUT2D eigenvalue weighted by Gasteiger charge is 2.25. The third-order valence-corrected chi connectivity index (χ3v) is 1.72. The lowest BCUT2D eigenvalue weighted by Gasteiger charge is -2.13. The Kier molecular flexibility index (Phi) is 2.66. The number of carbonyl (C=O) groups is 1. The van der Waals surface area contributed by atoms with Crippen molar-refractivity contribution >= 4 is 17.4 Å². The highest BCUT2D eigenvalue weighted by Crippen LogP contribution is 2.17. The molecule has 0 spiro atoms. The van der Waals surface area contributed by atoms with E-state index in [0.717, 1.165) is 0 Å². The zero-order chi connectivity index (χ0) is 7.49. The third kappa shape index (κ3) is 2.03. The largest absolute Gasteiger partial charge is 0.282 e. The van der Waals surface area contributed by atoms with E-state index in [9.17, 15) is 4.79 Å². The minimum absolute atomic E-state index is 0.194. The summed E-state index contributed by atoms with van der Waals surface area (Å²) in [6, 6.07) is 1.53. The van der Waals surface area contributed by atoms with Crippen molar-refractivity contribution in [2.45, 2.75) is 13.8 Å². The monoisotopic (exact) mass is 145 g/mol. The minimum Gasteiger partial charge on any atom is -0.282 e. The van der Waals surface area contributed by atoms with Crippen LogP contribution >= 0.6 is 11.6 Å². The molecule has 9 heavy (non-hydrogen) atoms. The van der Waals surface area contributed by atoms with E-state index in [1.165, 1.54) is 6.07 Å². The van der Waals surface area contributed by atoms with Gasteiger partial charge in [0.1, 0.15) is 6.07 Å².